The van der Waals surface area contributed by atoms with Crippen molar-refractivity contribution < 1.29 is 0 Å². The lowest BCUT2D eigenvalue weighted by Crippen LogP contribution is -1.95. The minimum atomic E-state index is 0.929. The molecular formula is C85H73N3. The SMILES string of the molecule is CC.CC.Cc1cc(/C2=C/C=C\C=C/CC2)cc(-c2ccccc2)c1.Cc1cccc(-c2cc(-c3ccccc3)nc(-c3cc(-c4ccc5c(c4)c4ccccc4n5-c4ccccc4)ccc3-c3ccc4c(c3)c3ccccc3n4-c3ccccc3)c2)c1. The largest absolute Gasteiger partial charge is 0.309 e. The second kappa shape index (κ2) is 26.8. The van der Waals surface area contributed by atoms with E-state index in [9.17, 15) is 0 Å². The quantitative estimate of drug-likeness (QED) is 0.141. The molecule has 0 unspecified atom stereocenters. The van der Waals surface area contributed by atoms with E-state index in [1.807, 2.05) is 27.7 Å². The normalized spacial score (nSPS) is 13.2. The average Bonchev–Trinajstić information content (AvgIpc) is 2.24. The summed E-state index contributed by atoms with van der Waals surface area (Å²) in [5, 5.41) is 4.90. The van der Waals surface area contributed by atoms with Crippen molar-refractivity contribution in [1.29, 1.82) is 0 Å². The van der Waals surface area contributed by atoms with E-state index in [0.717, 1.165) is 74.5 Å². The van der Waals surface area contributed by atoms with Crippen LogP contribution in [0.3, 0.4) is 0 Å². The highest BCUT2D eigenvalue weighted by Gasteiger charge is 2.20. The molecule has 3 aromatic heterocycles. The number of hydrogen-bond acceptors (Lipinski definition) is 1. The smallest absolute Gasteiger partial charge is 0.0722 e. The van der Waals surface area contributed by atoms with Crippen molar-refractivity contribution in [2.45, 2.75) is 54.4 Å². The monoisotopic (exact) mass is 1140 g/mol. The number of nitrogens with zero attached hydrogens (tertiary/aromatic N) is 3. The van der Waals surface area contributed by atoms with Crippen LogP contribution in [0.25, 0.3) is 128 Å². The summed E-state index contributed by atoms with van der Waals surface area (Å²) < 4.78 is 4.75. The van der Waals surface area contributed by atoms with Crippen molar-refractivity contribution in [3.05, 3.63) is 326 Å². The Balaban J connectivity index is 0.000000253. The number of rotatable bonds is 9. The molecule has 0 saturated heterocycles. The van der Waals surface area contributed by atoms with Gasteiger partial charge in [-0.25, -0.2) is 4.98 Å². The molecule has 1 aliphatic carbocycles. The van der Waals surface area contributed by atoms with Crippen LogP contribution in [0, 0.1) is 13.8 Å². The molecule has 3 heteroatoms. The molecule has 0 spiro atoms. The summed E-state index contributed by atoms with van der Waals surface area (Å²) in [5.74, 6) is 0. The standard InChI is InChI=1S/C60H41N3.C21H20.2C2H6/c1-40-16-15-19-42(34-40)46-38-55(41-17-5-2-6-18-41)61-56(39-46)52-35-43(44-29-32-59-53(36-44)50-24-11-13-26-57(50)62(59)47-20-7-3-8-21-47)28-31-49(52)45-30-33-60-54(37-45)51-25-12-14-27-58(51)63(60)48-22-9-4-10-23-48;1-17-14-20(18-10-6-3-2-4-7-11-18)16-21(15-17)19-12-8-5-9-13-19;2*1-2/h2-39H,1H3;2-6,8-10,12-16H,7,11H2,1H3;2*1-2H3/b;4-2-,6-3-,18-10+;;. The van der Waals surface area contributed by atoms with Crippen molar-refractivity contribution in [3.8, 4) is 78.4 Å². The Morgan fingerprint density at radius 3 is 1.41 bits per heavy atom. The third-order valence-electron chi connectivity index (χ3n) is 16.4. The summed E-state index contributed by atoms with van der Waals surface area (Å²) in [4.78, 5) is 5.52. The van der Waals surface area contributed by atoms with Gasteiger partial charge in [0, 0.05) is 44.0 Å². The van der Waals surface area contributed by atoms with Crippen LogP contribution in [0.15, 0.2) is 309 Å². The van der Waals surface area contributed by atoms with E-state index in [4.69, 9.17) is 4.98 Å². The molecule has 0 bridgehead atoms. The zero-order valence-corrected chi connectivity index (χ0v) is 51.2. The van der Waals surface area contributed by atoms with E-state index in [0.29, 0.717) is 0 Å². The van der Waals surface area contributed by atoms with Gasteiger partial charge in [0.2, 0.25) is 0 Å². The minimum Gasteiger partial charge on any atom is -0.309 e. The van der Waals surface area contributed by atoms with E-state index in [2.05, 4.69) is 332 Å². The van der Waals surface area contributed by atoms with Gasteiger partial charge in [0.15, 0.2) is 0 Å². The first-order valence-corrected chi connectivity index (χ1v) is 31.1. The summed E-state index contributed by atoms with van der Waals surface area (Å²) in [5.41, 5.74) is 25.8. The zero-order chi connectivity index (χ0) is 60.3. The molecule has 3 heterocycles. The molecule has 0 fully saturated rings. The number of fused-ring (bicyclic) bond motifs is 6. The molecular weight excluding hydrogens is 1060 g/mol. The Morgan fingerprint density at radius 1 is 0.295 bits per heavy atom. The molecule has 0 radical (unpaired) electrons. The molecule has 0 saturated carbocycles. The molecule has 14 aromatic rings. The number of hydrogen-bond donors (Lipinski definition) is 0. The lowest BCUT2D eigenvalue weighted by molar-refractivity contribution is 1.07. The number of benzene rings is 11. The van der Waals surface area contributed by atoms with Gasteiger partial charge in [0.05, 0.1) is 33.5 Å². The first-order chi connectivity index (χ1) is 43.5. The van der Waals surface area contributed by atoms with Crippen LogP contribution in [0.1, 0.15) is 57.2 Å². The lowest BCUT2D eigenvalue weighted by Gasteiger charge is -2.16. The highest BCUT2D eigenvalue weighted by molar-refractivity contribution is 6.12. The van der Waals surface area contributed by atoms with E-state index in [1.54, 1.807) is 0 Å². The van der Waals surface area contributed by atoms with Gasteiger partial charge in [-0.3, -0.25) is 0 Å². The van der Waals surface area contributed by atoms with E-state index in [-0.39, 0.29) is 0 Å². The van der Waals surface area contributed by atoms with Gasteiger partial charge in [-0.05, 0) is 173 Å². The van der Waals surface area contributed by atoms with Crippen molar-refractivity contribution in [2.24, 2.45) is 0 Å². The Morgan fingerprint density at radius 2 is 0.773 bits per heavy atom. The Hall–Kier alpha value is -10.6. The Bertz CT molecular complexity index is 4830. The van der Waals surface area contributed by atoms with Crippen LogP contribution in [0.2, 0.25) is 0 Å². The van der Waals surface area contributed by atoms with Crippen molar-refractivity contribution >= 4 is 49.2 Å². The van der Waals surface area contributed by atoms with E-state index >= 15 is 0 Å². The molecule has 0 amide bonds. The number of para-hydroxylation sites is 4. The van der Waals surface area contributed by atoms with Crippen molar-refractivity contribution in [2.75, 3.05) is 0 Å². The van der Waals surface area contributed by atoms with E-state index < -0.39 is 0 Å². The maximum absolute atomic E-state index is 5.52. The molecule has 428 valence electrons. The number of aromatic nitrogens is 3. The Labute approximate surface area is 519 Å². The number of pyridine rings is 1. The van der Waals surface area contributed by atoms with Gasteiger partial charge in [0.25, 0.3) is 0 Å². The molecule has 11 aromatic carbocycles. The number of aryl methyl sites for hydroxylation is 2. The fraction of sp³-hybridized carbons (Fsp3) is 0.0941. The lowest BCUT2D eigenvalue weighted by atomic mass is 9.90. The molecule has 88 heavy (non-hydrogen) atoms. The van der Waals surface area contributed by atoms with Crippen LogP contribution in [0.4, 0.5) is 0 Å². The van der Waals surface area contributed by atoms with Gasteiger partial charge in [-0.1, -0.05) is 258 Å². The third-order valence-corrected chi connectivity index (χ3v) is 16.4. The topological polar surface area (TPSA) is 22.8 Å². The summed E-state index contributed by atoms with van der Waals surface area (Å²) in [6.07, 6.45) is 13.0. The van der Waals surface area contributed by atoms with Crippen molar-refractivity contribution in [3.63, 3.8) is 0 Å². The summed E-state index contributed by atoms with van der Waals surface area (Å²) in [7, 11) is 0. The molecule has 0 N–H and O–H groups in total. The minimum absolute atomic E-state index is 0.929. The highest BCUT2D eigenvalue weighted by atomic mass is 15.0. The van der Waals surface area contributed by atoms with Crippen LogP contribution in [-0.4, -0.2) is 14.1 Å². The maximum atomic E-state index is 5.52. The molecule has 15 rings (SSSR count). The van der Waals surface area contributed by atoms with E-state index in [1.165, 1.54) is 82.6 Å². The van der Waals surface area contributed by atoms with Gasteiger partial charge >= 0.3 is 0 Å². The second-order valence-electron chi connectivity index (χ2n) is 22.0. The van der Waals surface area contributed by atoms with Gasteiger partial charge in [-0.2, -0.15) is 0 Å². The first-order valence-electron chi connectivity index (χ1n) is 31.1. The molecule has 0 aliphatic heterocycles. The van der Waals surface area contributed by atoms with Crippen LogP contribution in [0.5, 0.6) is 0 Å². The first kappa shape index (κ1) is 57.8. The van der Waals surface area contributed by atoms with Gasteiger partial charge in [-0.15, -0.1) is 0 Å². The molecule has 3 nitrogen and oxygen atoms in total. The average molecular weight is 1140 g/mol. The second-order valence-corrected chi connectivity index (χ2v) is 22.0. The fourth-order valence-electron chi connectivity index (χ4n) is 12.3. The van der Waals surface area contributed by atoms with Gasteiger partial charge in [0.1, 0.15) is 0 Å². The van der Waals surface area contributed by atoms with Crippen LogP contribution in [-0.2, 0) is 0 Å². The predicted molar refractivity (Wildman–Crippen MR) is 380 cm³/mol. The van der Waals surface area contributed by atoms with Crippen LogP contribution >= 0.6 is 0 Å². The summed E-state index contributed by atoms with van der Waals surface area (Å²) in [6, 6.07) is 101. The Kier molecular flexibility index (Phi) is 17.6. The van der Waals surface area contributed by atoms with Gasteiger partial charge < -0.3 is 9.13 Å². The maximum Gasteiger partial charge on any atom is 0.0722 e. The summed E-state index contributed by atoms with van der Waals surface area (Å²) >= 11 is 0. The zero-order valence-electron chi connectivity index (χ0n) is 51.2. The molecule has 1 aliphatic rings. The molecule has 0 atom stereocenters. The highest BCUT2D eigenvalue weighted by Crippen LogP contribution is 2.43. The fourth-order valence-corrected chi connectivity index (χ4v) is 12.3. The summed E-state index contributed by atoms with van der Waals surface area (Å²) in [6.45, 7) is 12.3. The predicted octanol–water partition coefficient (Wildman–Crippen LogP) is 23.9. The van der Waals surface area contributed by atoms with Crippen molar-refractivity contribution in [1.82, 2.24) is 14.1 Å². The van der Waals surface area contributed by atoms with Crippen LogP contribution < -0.4 is 0 Å². The third kappa shape index (κ3) is 12.0. The number of allylic oxidation sites excluding steroid dienone is 6.